The van der Waals surface area contributed by atoms with Crippen molar-refractivity contribution in [3.63, 3.8) is 0 Å². The summed E-state index contributed by atoms with van der Waals surface area (Å²) in [6.07, 6.45) is 2.74. The minimum atomic E-state index is -0.377. The smallest absolute Gasteiger partial charge is 0.230 e. The highest BCUT2D eigenvalue weighted by molar-refractivity contribution is 9.10. The van der Waals surface area contributed by atoms with Crippen molar-refractivity contribution in [2.75, 3.05) is 4.90 Å². The molecule has 0 unspecified atom stereocenters. The van der Waals surface area contributed by atoms with E-state index in [1.807, 2.05) is 24.0 Å². The molecule has 4 rings (SSSR count). The third-order valence-electron chi connectivity index (χ3n) is 4.39. The van der Waals surface area contributed by atoms with Gasteiger partial charge in [0.05, 0.1) is 11.7 Å². The first-order valence-electron chi connectivity index (χ1n) is 6.40. The van der Waals surface area contributed by atoms with Crippen LogP contribution in [-0.2, 0) is 4.79 Å². The van der Waals surface area contributed by atoms with Gasteiger partial charge in [0.15, 0.2) is 4.51 Å². The van der Waals surface area contributed by atoms with E-state index in [1.165, 1.54) is 0 Å². The molecule has 2 heterocycles. The van der Waals surface area contributed by atoms with Crippen LogP contribution in [0.3, 0.4) is 0 Å². The molecule has 1 saturated carbocycles. The summed E-state index contributed by atoms with van der Waals surface area (Å²) in [5.41, 5.74) is 2.11. The number of fused-ring (bicyclic) bond motifs is 3. The van der Waals surface area contributed by atoms with E-state index >= 15 is 0 Å². The second-order valence-electron chi connectivity index (χ2n) is 5.55. The zero-order valence-corrected chi connectivity index (χ0v) is 11.7. The number of nitrogens with zero attached hydrogens (tertiary/aromatic N) is 1. The summed E-state index contributed by atoms with van der Waals surface area (Å²) in [4.78, 5) is 14.4. The summed E-state index contributed by atoms with van der Waals surface area (Å²) < 4.78 is 5.77. The number of carbonyl (C=O) groups excluding carboxylic acids is 1. The second kappa shape index (κ2) is 3.29. The Morgan fingerprint density at radius 1 is 1.50 bits per heavy atom. The second-order valence-corrected chi connectivity index (χ2v) is 6.90. The van der Waals surface area contributed by atoms with E-state index in [2.05, 4.69) is 22.0 Å². The standard InChI is InChI=1S/C14H14BrNO2/c1-8-2-3-11-10(6-8)16-12-7-9(13(16)17)4-5-14(12,15)18-11/h2-3,6,9,12H,4-5,7H2,1H3/t9-,12-,14+/m0/s1. The lowest BCUT2D eigenvalue weighted by Gasteiger charge is -2.44. The molecule has 3 aliphatic rings. The van der Waals surface area contributed by atoms with Crippen LogP contribution < -0.4 is 9.64 Å². The summed E-state index contributed by atoms with van der Waals surface area (Å²) in [7, 11) is 0. The van der Waals surface area contributed by atoms with Gasteiger partial charge in [0.2, 0.25) is 5.91 Å². The summed E-state index contributed by atoms with van der Waals surface area (Å²) in [5, 5.41) is 0. The number of halogens is 1. The van der Waals surface area contributed by atoms with Crippen LogP contribution in [0.15, 0.2) is 18.2 Å². The number of ether oxygens (including phenoxy) is 1. The highest BCUT2D eigenvalue weighted by Crippen LogP contribution is 2.54. The lowest BCUT2D eigenvalue weighted by Crippen LogP contribution is -2.53. The molecule has 18 heavy (non-hydrogen) atoms. The number of anilines is 1. The van der Waals surface area contributed by atoms with E-state index in [1.54, 1.807) is 0 Å². The largest absolute Gasteiger partial charge is 0.472 e. The van der Waals surface area contributed by atoms with Crippen LogP contribution in [0.4, 0.5) is 5.69 Å². The number of benzene rings is 1. The molecule has 0 radical (unpaired) electrons. The van der Waals surface area contributed by atoms with Gasteiger partial charge in [-0.3, -0.25) is 4.79 Å². The number of aryl methyl sites for hydroxylation is 1. The first-order chi connectivity index (χ1) is 8.58. The maximum Gasteiger partial charge on any atom is 0.230 e. The van der Waals surface area contributed by atoms with Gasteiger partial charge in [-0.1, -0.05) is 6.07 Å². The Morgan fingerprint density at radius 2 is 2.33 bits per heavy atom. The van der Waals surface area contributed by atoms with Crippen molar-refractivity contribution in [3.8, 4) is 5.75 Å². The molecule has 94 valence electrons. The van der Waals surface area contributed by atoms with Crippen molar-refractivity contribution < 1.29 is 9.53 Å². The van der Waals surface area contributed by atoms with E-state index in [-0.39, 0.29) is 22.4 Å². The molecule has 2 fully saturated rings. The van der Waals surface area contributed by atoms with Gasteiger partial charge in [-0.2, -0.15) is 0 Å². The van der Waals surface area contributed by atoms with Crippen molar-refractivity contribution >= 4 is 27.5 Å². The SMILES string of the molecule is Cc1ccc2c(c1)N1C(=O)[C@H]3CC[C@@](Br)(O2)[C@@H]1C3. The van der Waals surface area contributed by atoms with Gasteiger partial charge in [0.25, 0.3) is 0 Å². The fraction of sp³-hybridized carbons (Fsp3) is 0.500. The number of alkyl halides is 1. The molecule has 0 N–H and O–H groups in total. The Hall–Kier alpha value is -1.03. The Balaban J connectivity index is 1.94. The number of hydrogen-bond acceptors (Lipinski definition) is 2. The first kappa shape index (κ1) is 10.9. The van der Waals surface area contributed by atoms with Crippen LogP contribution in [0.25, 0.3) is 0 Å². The van der Waals surface area contributed by atoms with Crippen LogP contribution in [0, 0.1) is 12.8 Å². The summed E-state index contributed by atoms with van der Waals surface area (Å²) >= 11 is 3.74. The lowest BCUT2D eigenvalue weighted by molar-refractivity contribution is -0.120. The summed E-state index contributed by atoms with van der Waals surface area (Å²) in [6, 6.07) is 6.21. The molecule has 0 spiro atoms. The zero-order valence-electron chi connectivity index (χ0n) is 10.1. The molecule has 2 aliphatic heterocycles. The predicted molar refractivity (Wildman–Crippen MR) is 72.1 cm³/mol. The topological polar surface area (TPSA) is 29.5 Å². The fourth-order valence-electron chi connectivity index (χ4n) is 3.46. The number of amides is 1. The average molecular weight is 308 g/mol. The Morgan fingerprint density at radius 3 is 3.17 bits per heavy atom. The van der Waals surface area contributed by atoms with Crippen molar-refractivity contribution in [3.05, 3.63) is 23.8 Å². The number of hydrogen-bond donors (Lipinski definition) is 0. The van der Waals surface area contributed by atoms with Crippen LogP contribution in [0.5, 0.6) is 5.75 Å². The normalized spacial score (nSPS) is 36.3. The highest BCUT2D eigenvalue weighted by Gasteiger charge is 2.58. The monoisotopic (exact) mass is 307 g/mol. The maximum absolute atomic E-state index is 12.5. The van der Waals surface area contributed by atoms with Crippen molar-refractivity contribution in [2.45, 2.75) is 36.7 Å². The van der Waals surface area contributed by atoms with Crippen LogP contribution in [0.2, 0.25) is 0 Å². The highest BCUT2D eigenvalue weighted by atomic mass is 79.9. The molecular weight excluding hydrogens is 294 g/mol. The maximum atomic E-state index is 12.5. The van der Waals surface area contributed by atoms with Crippen molar-refractivity contribution in [1.29, 1.82) is 0 Å². The number of rotatable bonds is 0. The molecule has 1 aliphatic carbocycles. The van der Waals surface area contributed by atoms with Gasteiger partial charge >= 0.3 is 0 Å². The van der Waals surface area contributed by atoms with E-state index in [0.717, 1.165) is 36.3 Å². The number of carbonyl (C=O) groups is 1. The van der Waals surface area contributed by atoms with Crippen LogP contribution >= 0.6 is 15.9 Å². The molecule has 1 aromatic rings. The minimum absolute atomic E-state index is 0.151. The Labute approximate surface area is 114 Å². The van der Waals surface area contributed by atoms with E-state index in [0.29, 0.717) is 0 Å². The molecule has 2 bridgehead atoms. The van der Waals surface area contributed by atoms with Crippen molar-refractivity contribution in [2.24, 2.45) is 5.92 Å². The molecule has 0 aromatic heterocycles. The molecule has 3 atom stereocenters. The Bertz CT molecular complexity index is 559. The van der Waals surface area contributed by atoms with Gasteiger partial charge in [-0.25, -0.2) is 0 Å². The molecular formula is C14H14BrNO2. The molecule has 1 aromatic carbocycles. The predicted octanol–water partition coefficient (Wildman–Crippen LogP) is 2.99. The third-order valence-corrected chi connectivity index (χ3v) is 5.48. The summed E-state index contributed by atoms with van der Waals surface area (Å²) in [5.74, 6) is 1.29. The minimum Gasteiger partial charge on any atom is -0.472 e. The quantitative estimate of drug-likeness (QED) is 0.690. The van der Waals surface area contributed by atoms with Gasteiger partial charge < -0.3 is 9.64 Å². The van der Waals surface area contributed by atoms with Crippen molar-refractivity contribution in [1.82, 2.24) is 0 Å². The third kappa shape index (κ3) is 1.22. The summed E-state index contributed by atoms with van der Waals surface area (Å²) in [6.45, 7) is 2.04. The van der Waals surface area contributed by atoms with E-state index < -0.39 is 0 Å². The fourth-order valence-corrected chi connectivity index (χ4v) is 4.26. The molecule has 1 amide bonds. The average Bonchev–Trinajstić information content (AvgIpc) is 2.65. The lowest BCUT2D eigenvalue weighted by atomic mass is 9.87. The van der Waals surface area contributed by atoms with Gasteiger partial charge in [0, 0.05) is 12.3 Å². The van der Waals surface area contributed by atoms with Gasteiger partial charge in [0.1, 0.15) is 5.75 Å². The first-order valence-corrected chi connectivity index (χ1v) is 7.19. The molecule has 3 nitrogen and oxygen atoms in total. The van der Waals surface area contributed by atoms with Gasteiger partial charge in [-0.15, -0.1) is 0 Å². The van der Waals surface area contributed by atoms with Crippen LogP contribution in [-0.4, -0.2) is 16.5 Å². The van der Waals surface area contributed by atoms with E-state index in [4.69, 9.17) is 4.74 Å². The van der Waals surface area contributed by atoms with Gasteiger partial charge in [-0.05, 0) is 53.4 Å². The Kier molecular flexibility index (Phi) is 1.99. The zero-order chi connectivity index (χ0) is 12.5. The molecule has 4 heteroatoms. The van der Waals surface area contributed by atoms with E-state index in [9.17, 15) is 4.79 Å². The molecule has 1 saturated heterocycles. The van der Waals surface area contributed by atoms with Crippen LogP contribution in [0.1, 0.15) is 24.8 Å².